The van der Waals surface area contributed by atoms with Crippen molar-refractivity contribution in [1.82, 2.24) is 24.7 Å². The summed E-state index contributed by atoms with van der Waals surface area (Å²) in [6, 6.07) is 10.7. The minimum absolute atomic E-state index is 0.0676. The Bertz CT molecular complexity index is 1510. The third-order valence-corrected chi connectivity index (χ3v) is 7.89. The van der Waals surface area contributed by atoms with E-state index in [1.807, 2.05) is 19.1 Å². The first-order valence-electron chi connectivity index (χ1n) is 10.4. The summed E-state index contributed by atoms with van der Waals surface area (Å²) in [6.07, 6.45) is 0. The average molecular weight is 453 g/mol. The second-order valence-corrected chi connectivity index (χ2v) is 10.2. The third-order valence-electron chi connectivity index (χ3n) is 6.07. The number of rotatable bonds is 3. The molecule has 0 unspecified atom stereocenters. The summed E-state index contributed by atoms with van der Waals surface area (Å²) in [5, 5.41) is 8.27. The van der Waals surface area contributed by atoms with Crippen LogP contribution >= 0.6 is 0 Å². The van der Waals surface area contributed by atoms with Gasteiger partial charge in [-0.1, -0.05) is 22.9 Å². The summed E-state index contributed by atoms with van der Waals surface area (Å²) < 4.78 is 28.2. The molecule has 1 aliphatic rings. The van der Waals surface area contributed by atoms with Crippen molar-refractivity contribution in [2.24, 2.45) is 0 Å². The molecular weight excluding hydrogens is 428 g/mol. The lowest BCUT2D eigenvalue weighted by Crippen LogP contribution is -2.44. The van der Waals surface area contributed by atoms with Gasteiger partial charge in [-0.2, -0.15) is 4.52 Å². The number of aromatic amines is 1. The van der Waals surface area contributed by atoms with Crippen LogP contribution in [0.3, 0.4) is 0 Å². The van der Waals surface area contributed by atoms with Gasteiger partial charge in [-0.25, -0.2) is 8.42 Å². The minimum Gasteiger partial charge on any atom is -0.369 e. The minimum atomic E-state index is -3.97. The van der Waals surface area contributed by atoms with E-state index in [1.54, 1.807) is 31.2 Å². The van der Waals surface area contributed by atoms with Crippen LogP contribution in [0, 0.1) is 13.8 Å². The molecule has 0 amide bonds. The predicted molar refractivity (Wildman–Crippen MR) is 122 cm³/mol. The van der Waals surface area contributed by atoms with Crippen molar-refractivity contribution in [3.05, 3.63) is 57.9 Å². The highest BCUT2D eigenvalue weighted by Crippen LogP contribution is 2.27. The molecule has 9 nitrogen and oxygen atoms in total. The van der Waals surface area contributed by atoms with Crippen LogP contribution in [-0.4, -0.2) is 66.4 Å². The average Bonchev–Trinajstić information content (AvgIpc) is 3.18. The zero-order valence-electron chi connectivity index (χ0n) is 18.2. The number of anilines is 1. The Kier molecular flexibility index (Phi) is 4.79. The molecular formula is C22H24N6O3S. The smallest absolute Gasteiger partial charge is 0.259 e. The first kappa shape index (κ1) is 20.7. The molecule has 1 aliphatic heterocycles. The third kappa shape index (κ3) is 3.26. The van der Waals surface area contributed by atoms with Gasteiger partial charge in [0.05, 0.1) is 15.8 Å². The number of aryl methyl sites for hydroxylation is 2. The summed E-state index contributed by atoms with van der Waals surface area (Å²) in [4.78, 5) is 20.1. The molecule has 166 valence electrons. The summed E-state index contributed by atoms with van der Waals surface area (Å²) >= 11 is 0. The second-order valence-electron chi connectivity index (χ2n) is 8.37. The second kappa shape index (κ2) is 7.42. The fourth-order valence-corrected chi connectivity index (χ4v) is 5.73. The number of H-pyrrole nitrogens is 1. The molecule has 32 heavy (non-hydrogen) atoms. The highest BCUT2D eigenvalue weighted by Gasteiger charge is 2.28. The van der Waals surface area contributed by atoms with Gasteiger partial charge in [0, 0.05) is 31.9 Å². The normalized spacial score (nSPS) is 15.7. The van der Waals surface area contributed by atoms with Crippen LogP contribution in [0.15, 0.2) is 51.1 Å². The first-order valence-corrected chi connectivity index (χ1v) is 11.9. The van der Waals surface area contributed by atoms with Crippen molar-refractivity contribution in [3.63, 3.8) is 0 Å². The Labute approximate surface area is 185 Å². The molecule has 4 aromatic rings. The summed E-state index contributed by atoms with van der Waals surface area (Å²) in [5.41, 5.74) is 2.76. The molecule has 0 atom stereocenters. The molecule has 1 N–H and O–H groups in total. The van der Waals surface area contributed by atoms with Crippen LogP contribution < -0.4 is 10.5 Å². The van der Waals surface area contributed by atoms with E-state index in [4.69, 9.17) is 0 Å². The lowest BCUT2D eigenvalue weighted by Gasteiger charge is -2.34. The summed E-state index contributed by atoms with van der Waals surface area (Å²) in [6.45, 7) is 7.29. The molecule has 1 saturated heterocycles. The Morgan fingerprint density at radius 3 is 2.47 bits per heavy atom. The van der Waals surface area contributed by atoms with E-state index in [0.717, 1.165) is 37.4 Å². The molecule has 0 spiro atoms. The predicted octanol–water partition coefficient (Wildman–Crippen LogP) is 1.77. The zero-order valence-corrected chi connectivity index (χ0v) is 19.0. The van der Waals surface area contributed by atoms with E-state index in [9.17, 15) is 13.2 Å². The lowest BCUT2D eigenvalue weighted by atomic mass is 10.2. The number of nitrogens with zero attached hydrogens (tertiary/aromatic N) is 5. The van der Waals surface area contributed by atoms with Gasteiger partial charge in [-0.3, -0.25) is 4.79 Å². The van der Waals surface area contributed by atoms with Gasteiger partial charge in [-0.05, 0) is 50.7 Å². The number of nitrogens with one attached hydrogen (secondary N) is 1. The number of likely N-dealkylation sites (N-methyl/N-ethyl adjacent to an activating group) is 1. The summed E-state index contributed by atoms with van der Waals surface area (Å²) in [5.74, 6) is 0. The van der Waals surface area contributed by atoms with Crippen LogP contribution in [0.2, 0.25) is 0 Å². The standard InChI is InChI=1S/C22H24N6O3S/c1-14-4-7-19(15(2)12-14)32(30,31)22-20-23-21(29)17-6-5-16(13-18(17)28(20)25-24-22)27-10-8-26(3)9-11-27/h4-7,12-13H,8-11H2,1-3H3,(H,23,29). The van der Waals surface area contributed by atoms with Gasteiger partial charge in [0.1, 0.15) is 0 Å². The number of fused-ring (bicyclic) bond motifs is 3. The Morgan fingerprint density at radius 1 is 1.00 bits per heavy atom. The van der Waals surface area contributed by atoms with Gasteiger partial charge >= 0.3 is 0 Å². The van der Waals surface area contributed by atoms with Crippen molar-refractivity contribution < 1.29 is 8.42 Å². The van der Waals surface area contributed by atoms with Crippen molar-refractivity contribution in [2.45, 2.75) is 23.8 Å². The maximum Gasteiger partial charge on any atom is 0.259 e. The Hall–Kier alpha value is -3.24. The maximum atomic E-state index is 13.4. The number of hydrogen-bond acceptors (Lipinski definition) is 7. The van der Waals surface area contributed by atoms with Crippen LogP contribution in [0.4, 0.5) is 5.69 Å². The number of hydrogen-bond donors (Lipinski definition) is 1. The molecule has 2 aromatic heterocycles. The van der Waals surface area contributed by atoms with Crippen LogP contribution in [-0.2, 0) is 9.84 Å². The van der Waals surface area contributed by atoms with Gasteiger partial charge < -0.3 is 14.8 Å². The SMILES string of the molecule is Cc1ccc(S(=O)(=O)c2nnn3c2[nH]c(=O)c2ccc(N4CCN(C)CC4)cc23)c(C)c1. The molecule has 0 aliphatic carbocycles. The Balaban J connectivity index is 1.68. The van der Waals surface area contributed by atoms with E-state index < -0.39 is 9.84 Å². The van der Waals surface area contributed by atoms with Gasteiger partial charge in [0.25, 0.3) is 5.56 Å². The highest BCUT2D eigenvalue weighted by atomic mass is 32.2. The largest absolute Gasteiger partial charge is 0.369 e. The van der Waals surface area contributed by atoms with E-state index in [-0.39, 0.29) is 21.1 Å². The van der Waals surface area contributed by atoms with Crippen molar-refractivity contribution >= 4 is 32.1 Å². The molecule has 2 aromatic carbocycles. The molecule has 1 fully saturated rings. The molecule has 0 bridgehead atoms. The number of benzene rings is 2. The zero-order chi connectivity index (χ0) is 22.6. The van der Waals surface area contributed by atoms with E-state index in [1.165, 1.54) is 4.52 Å². The topological polar surface area (TPSA) is 104 Å². The van der Waals surface area contributed by atoms with E-state index in [2.05, 4.69) is 32.1 Å². The monoisotopic (exact) mass is 452 g/mol. The lowest BCUT2D eigenvalue weighted by molar-refractivity contribution is 0.313. The van der Waals surface area contributed by atoms with Crippen LogP contribution in [0.1, 0.15) is 11.1 Å². The van der Waals surface area contributed by atoms with Crippen molar-refractivity contribution in [2.75, 3.05) is 38.1 Å². The number of piperazine rings is 1. The Morgan fingerprint density at radius 2 is 1.75 bits per heavy atom. The molecule has 5 rings (SSSR count). The number of aromatic nitrogens is 4. The van der Waals surface area contributed by atoms with Crippen LogP contribution in [0.5, 0.6) is 0 Å². The fourth-order valence-electron chi connectivity index (χ4n) is 4.25. The molecule has 10 heteroatoms. The highest BCUT2D eigenvalue weighted by molar-refractivity contribution is 7.91. The maximum absolute atomic E-state index is 13.4. The quantitative estimate of drug-likeness (QED) is 0.505. The fraction of sp³-hybridized carbons (Fsp3) is 0.318. The number of sulfone groups is 1. The molecule has 3 heterocycles. The van der Waals surface area contributed by atoms with Crippen molar-refractivity contribution in [1.29, 1.82) is 0 Å². The van der Waals surface area contributed by atoms with E-state index >= 15 is 0 Å². The van der Waals surface area contributed by atoms with Gasteiger partial charge in [-0.15, -0.1) is 5.10 Å². The van der Waals surface area contributed by atoms with Gasteiger partial charge in [0.15, 0.2) is 5.65 Å². The summed E-state index contributed by atoms with van der Waals surface area (Å²) in [7, 11) is -1.88. The molecule has 0 saturated carbocycles. The van der Waals surface area contributed by atoms with E-state index in [0.29, 0.717) is 16.5 Å². The van der Waals surface area contributed by atoms with Crippen LogP contribution in [0.25, 0.3) is 16.6 Å². The first-order chi connectivity index (χ1) is 15.3. The molecule has 0 radical (unpaired) electrons. The van der Waals surface area contributed by atoms with Gasteiger partial charge in [0.2, 0.25) is 14.9 Å². The van der Waals surface area contributed by atoms with Crippen molar-refractivity contribution in [3.8, 4) is 0 Å².